The van der Waals surface area contributed by atoms with Crippen molar-refractivity contribution in [2.24, 2.45) is 0 Å². The highest BCUT2D eigenvalue weighted by atomic mass is 16.2. The van der Waals surface area contributed by atoms with Crippen molar-refractivity contribution in [1.29, 1.82) is 0 Å². The first kappa shape index (κ1) is 11.2. The molecule has 1 atom stereocenters. The van der Waals surface area contributed by atoms with Crippen LogP contribution in [0.5, 0.6) is 0 Å². The third-order valence-corrected chi connectivity index (χ3v) is 3.58. The molecule has 1 heterocycles. The van der Waals surface area contributed by atoms with Gasteiger partial charge in [-0.3, -0.25) is 4.79 Å². The number of carbonyl (C=O) groups is 1. The predicted molar refractivity (Wildman–Crippen MR) is 65.6 cm³/mol. The number of hydrogen-bond acceptors (Lipinski definition) is 1. The van der Waals surface area contributed by atoms with Gasteiger partial charge < -0.3 is 4.90 Å². The highest BCUT2D eigenvalue weighted by Crippen LogP contribution is 2.27. The first-order chi connectivity index (χ1) is 7.67. The summed E-state index contributed by atoms with van der Waals surface area (Å²) in [5.41, 5.74) is 3.38. The summed E-state index contributed by atoms with van der Waals surface area (Å²) in [6.07, 6.45) is 1.12. The van der Waals surface area contributed by atoms with Crippen LogP contribution in [0.4, 0.5) is 0 Å². The van der Waals surface area contributed by atoms with Gasteiger partial charge in [-0.05, 0) is 36.5 Å². The van der Waals surface area contributed by atoms with Crippen molar-refractivity contribution in [1.82, 2.24) is 4.90 Å². The number of rotatable bonds is 3. The van der Waals surface area contributed by atoms with E-state index in [0.717, 1.165) is 25.1 Å². The molecular weight excluding hydrogens is 198 g/mol. The summed E-state index contributed by atoms with van der Waals surface area (Å²) < 4.78 is 0. The maximum absolute atomic E-state index is 12.0. The van der Waals surface area contributed by atoms with Gasteiger partial charge in [-0.2, -0.15) is 0 Å². The zero-order valence-corrected chi connectivity index (χ0v) is 10.3. The molecule has 0 N–H and O–H groups in total. The van der Waals surface area contributed by atoms with Crippen LogP contribution < -0.4 is 0 Å². The van der Waals surface area contributed by atoms with Gasteiger partial charge in [0, 0.05) is 18.7 Å². The molecular formula is C14H19NO. The molecule has 16 heavy (non-hydrogen) atoms. The van der Waals surface area contributed by atoms with E-state index in [4.69, 9.17) is 0 Å². The van der Waals surface area contributed by atoms with Crippen molar-refractivity contribution in [3.05, 3.63) is 34.9 Å². The fraction of sp³-hybridized carbons (Fsp3) is 0.500. The Bertz CT molecular complexity index is 411. The predicted octanol–water partition coefficient (Wildman–Crippen LogP) is 3.18. The molecule has 1 aromatic rings. The Morgan fingerprint density at radius 1 is 1.38 bits per heavy atom. The van der Waals surface area contributed by atoms with Gasteiger partial charge in [0.2, 0.25) is 0 Å². The second-order valence-corrected chi connectivity index (χ2v) is 4.55. The lowest BCUT2D eigenvalue weighted by Crippen LogP contribution is -2.22. The maximum Gasteiger partial charge on any atom is 0.254 e. The van der Waals surface area contributed by atoms with Crippen LogP contribution in [0.2, 0.25) is 0 Å². The Morgan fingerprint density at radius 2 is 2.12 bits per heavy atom. The molecule has 86 valence electrons. The Labute approximate surface area is 97.3 Å². The van der Waals surface area contributed by atoms with Crippen molar-refractivity contribution < 1.29 is 4.79 Å². The van der Waals surface area contributed by atoms with Gasteiger partial charge in [0.25, 0.3) is 5.91 Å². The van der Waals surface area contributed by atoms with Crippen molar-refractivity contribution >= 4 is 5.91 Å². The van der Waals surface area contributed by atoms with Crippen molar-refractivity contribution in [2.75, 3.05) is 6.54 Å². The van der Waals surface area contributed by atoms with Crippen LogP contribution in [0.15, 0.2) is 18.2 Å². The highest BCUT2D eigenvalue weighted by molar-refractivity contribution is 5.98. The van der Waals surface area contributed by atoms with E-state index >= 15 is 0 Å². The van der Waals surface area contributed by atoms with Crippen LogP contribution in [0.3, 0.4) is 0 Å². The number of benzene rings is 1. The molecule has 0 spiro atoms. The normalized spacial score (nSPS) is 16.4. The summed E-state index contributed by atoms with van der Waals surface area (Å²) in [4.78, 5) is 13.9. The van der Waals surface area contributed by atoms with E-state index in [-0.39, 0.29) is 5.91 Å². The molecule has 0 aromatic heterocycles. The van der Waals surface area contributed by atoms with Crippen molar-refractivity contribution in [3.63, 3.8) is 0 Å². The van der Waals surface area contributed by atoms with Crippen LogP contribution in [-0.4, -0.2) is 17.4 Å². The third kappa shape index (κ3) is 1.73. The van der Waals surface area contributed by atoms with E-state index < -0.39 is 0 Å². The number of carbonyl (C=O) groups excluding carboxylic acids is 1. The zero-order valence-electron chi connectivity index (χ0n) is 10.3. The molecule has 1 aliphatic rings. The summed E-state index contributed by atoms with van der Waals surface area (Å²) in [6.45, 7) is 7.99. The lowest BCUT2D eigenvalue weighted by molar-refractivity contribution is 0.0787. The number of amides is 1. The molecule has 1 aliphatic heterocycles. The first-order valence-corrected chi connectivity index (χ1v) is 6.09. The standard InChI is InChI=1S/C14H19NO/c1-4-10(3)11-6-7-12-9-15(5-2)14(16)13(12)8-11/h6-8,10H,4-5,9H2,1-3H3. The van der Waals surface area contributed by atoms with Gasteiger partial charge >= 0.3 is 0 Å². The topological polar surface area (TPSA) is 20.3 Å². The van der Waals surface area contributed by atoms with Gasteiger partial charge in [-0.1, -0.05) is 26.0 Å². The van der Waals surface area contributed by atoms with E-state index in [1.807, 2.05) is 11.8 Å². The van der Waals surface area contributed by atoms with Crippen molar-refractivity contribution in [2.45, 2.75) is 39.7 Å². The van der Waals surface area contributed by atoms with Gasteiger partial charge in [0.1, 0.15) is 0 Å². The van der Waals surface area contributed by atoms with Gasteiger partial charge in [0.05, 0.1) is 0 Å². The molecule has 2 nitrogen and oxygen atoms in total. The molecule has 1 unspecified atom stereocenters. The van der Waals surface area contributed by atoms with E-state index in [0.29, 0.717) is 5.92 Å². The molecule has 0 saturated heterocycles. The van der Waals surface area contributed by atoms with Crippen molar-refractivity contribution in [3.8, 4) is 0 Å². The molecule has 1 amide bonds. The Hall–Kier alpha value is -1.31. The molecule has 0 fully saturated rings. The number of hydrogen-bond donors (Lipinski definition) is 0. The molecule has 2 rings (SSSR count). The maximum atomic E-state index is 12.0. The third-order valence-electron chi connectivity index (χ3n) is 3.58. The Morgan fingerprint density at radius 3 is 2.75 bits per heavy atom. The molecule has 2 heteroatoms. The first-order valence-electron chi connectivity index (χ1n) is 6.09. The van der Waals surface area contributed by atoms with Crippen LogP contribution in [0.1, 0.15) is 54.6 Å². The van der Waals surface area contributed by atoms with Gasteiger partial charge in [-0.25, -0.2) is 0 Å². The summed E-state index contributed by atoms with van der Waals surface area (Å²) in [5.74, 6) is 0.733. The molecule has 0 aliphatic carbocycles. The minimum absolute atomic E-state index is 0.197. The lowest BCUT2D eigenvalue weighted by Gasteiger charge is -2.11. The molecule has 1 aromatic carbocycles. The second-order valence-electron chi connectivity index (χ2n) is 4.55. The fourth-order valence-corrected chi connectivity index (χ4v) is 2.18. The summed E-state index contributed by atoms with van der Waals surface area (Å²) in [5, 5.41) is 0. The average molecular weight is 217 g/mol. The summed E-state index contributed by atoms with van der Waals surface area (Å²) in [7, 11) is 0. The van der Waals surface area contributed by atoms with Crippen LogP contribution in [-0.2, 0) is 6.54 Å². The highest BCUT2D eigenvalue weighted by Gasteiger charge is 2.26. The van der Waals surface area contributed by atoms with E-state index in [1.54, 1.807) is 0 Å². The minimum atomic E-state index is 0.197. The summed E-state index contributed by atoms with van der Waals surface area (Å²) in [6, 6.07) is 6.37. The molecule has 0 radical (unpaired) electrons. The molecule has 0 saturated carbocycles. The SMILES string of the molecule is CCC(C)c1ccc2c(c1)C(=O)N(CC)C2. The number of fused-ring (bicyclic) bond motifs is 1. The molecule has 0 bridgehead atoms. The minimum Gasteiger partial charge on any atom is -0.335 e. The van der Waals surface area contributed by atoms with Crippen LogP contribution in [0.25, 0.3) is 0 Å². The smallest absolute Gasteiger partial charge is 0.254 e. The van der Waals surface area contributed by atoms with E-state index in [9.17, 15) is 4.79 Å². The van der Waals surface area contributed by atoms with Crippen LogP contribution in [0, 0.1) is 0 Å². The fourth-order valence-electron chi connectivity index (χ4n) is 2.18. The zero-order chi connectivity index (χ0) is 11.7. The quantitative estimate of drug-likeness (QED) is 0.761. The lowest BCUT2D eigenvalue weighted by atomic mass is 9.95. The van der Waals surface area contributed by atoms with Gasteiger partial charge in [0.15, 0.2) is 0 Å². The van der Waals surface area contributed by atoms with Gasteiger partial charge in [-0.15, -0.1) is 0 Å². The Kier molecular flexibility index (Phi) is 2.99. The summed E-state index contributed by atoms with van der Waals surface area (Å²) >= 11 is 0. The van der Waals surface area contributed by atoms with E-state index in [1.165, 1.54) is 11.1 Å². The monoisotopic (exact) mass is 217 g/mol. The largest absolute Gasteiger partial charge is 0.335 e. The average Bonchev–Trinajstić information content (AvgIpc) is 2.64. The Balaban J connectivity index is 2.35. The van der Waals surface area contributed by atoms with E-state index in [2.05, 4.69) is 32.0 Å². The second kappa shape index (κ2) is 4.28. The number of nitrogens with zero attached hydrogens (tertiary/aromatic N) is 1. The van der Waals surface area contributed by atoms with Crippen LogP contribution >= 0.6 is 0 Å².